The molecule has 1 aliphatic carbocycles. The highest BCUT2D eigenvalue weighted by atomic mass is 32.2. The van der Waals surface area contributed by atoms with Crippen LogP contribution in [0.25, 0.3) is 0 Å². The predicted molar refractivity (Wildman–Crippen MR) is 161 cm³/mol. The molecule has 0 amide bonds. The molecule has 0 aromatic carbocycles. The van der Waals surface area contributed by atoms with E-state index in [2.05, 4.69) is 6.92 Å². The van der Waals surface area contributed by atoms with E-state index in [1.165, 1.54) is 38.5 Å². The van der Waals surface area contributed by atoms with Crippen molar-refractivity contribution in [2.75, 3.05) is 12.4 Å². The number of hydrogen-bond acceptors (Lipinski definition) is 5. The molecule has 1 rings (SSSR count). The summed E-state index contributed by atoms with van der Waals surface area (Å²) in [5.74, 6) is 0.519. The van der Waals surface area contributed by atoms with E-state index in [0.717, 1.165) is 57.8 Å². The van der Waals surface area contributed by atoms with E-state index in [4.69, 9.17) is 4.74 Å². The first-order chi connectivity index (χ1) is 18.8. The number of carbonyl (C=O) groups is 1. The maximum Gasteiger partial charge on any atom is 0.389 e. The van der Waals surface area contributed by atoms with Crippen LogP contribution in [-0.4, -0.2) is 51.7 Å². The van der Waals surface area contributed by atoms with Gasteiger partial charge in [-0.1, -0.05) is 85.0 Å². The van der Waals surface area contributed by atoms with Crippen molar-refractivity contribution in [2.45, 2.75) is 173 Å². The quantitative estimate of drug-likeness (QED) is 0.0909. The number of ether oxygens (including phenoxy) is 1. The molecule has 0 aromatic heterocycles. The average molecular weight is 597 g/mol. The van der Waals surface area contributed by atoms with Crippen LogP contribution in [0.5, 0.6) is 0 Å². The summed E-state index contributed by atoms with van der Waals surface area (Å²) in [7, 11) is 0. The van der Waals surface area contributed by atoms with E-state index in [0.29, 0.717) is 25.2 Å². The number of aliphatic hydroxyl groups excluding tert-OH is 1. The number of halogens is 3. The van der Waals surface area contributed by atoms with Crippen LogP contribution in [0.4, 0.5) is 13.2 Å². The van der Waals surface area contributed by atoms with Gasteiger partial charge in [-0.05, 0) is 63.2 Å². The van der Waals surface area contributed by atoms with Gasteiger partial charge in [0.05, 0.1) is 18.3 Å². The number of alkyl halides is 3. The number of carbonyl (C=O) groups excluding carboxylic acids is 1. The van der Waals surface area contributed by atoms with Gasteiger partial charge in [-0.15, -0.1) is 0 Å². The van der Waals surface area contributed by atoms with Crippen molar-refractivity contribution >= 4 is 17.7 Å². The molecule has 0 saturated heterocycles. The van der Waals surface area contributed by atoms with Crippen LogP contribution in [0, 0.1) is 11.3 Å². The highest BCUT2D eigenvalue weighted by Crippen LogP contribution is 2.44. The minimum atomic E-state index is -4.17. The van der Waals surface area contributed by atoms with E-state index in [1.54, 1.807) is 18.7 Å². The Bertz CT molecular complexity index is 669. The van der Waals surface area contributed by atoms with Crippen LogP contribution in [0.3, 0.4) is 0 Å². The van der Waals surface area contributed by atoms with E-state index in [-0.39, 0.29) is 29.7 Å². The summed E-state index contributed by atoms with van der Waals surface area (Å²) in [6.07, 6.45) is 11.6. The first-order valence-electron chi connectivity index (χ1n) is 16.0. The number of esters is 1. The van der Waals surface area contributed by atoms with Gasteiger partial charge in [0, 0.05) is 23.8 Å². The summed E-state index contributed by atoms with van der Waals surface area (Å²) in [5, 5.41) is 21.9. The Morgan fingerprint density at radius 1 is 0.850 bits per heavy atom. The Hall–Kier alpha value is -0.470. The topological polar surface area (TPSA) is 66.8 Å². The standard InChI is InChI=1S/C32H59F3O4S/c1-5-6-7-8-9-10-13-16-24-39-29(37)19-15-12-11-14-18-26-27(36)20-21-28(26)40-25-31(4,38)30(2,3)22-17-23-32(33,34)35/h26-28,36,38H,5-25H2,1-4H3. The highest BCUT2D eigenvalue weighted by molar-refractivity contribution is 8.00. The fraction of sp³-hybridized carbons (Fsp3) is 0.969. The second kappa shape index (κ2) is 19.7. The predicted octanol–water partition coefficient (Wildman–Crippen LogP) is 9.39. The molecule has 238 valence electrons. The van der Waals surface area contributed by atoms with Gasteiger partial charge >= 0.3 is 12.1 Å². The van der Waals surface area contributed by atoms with Crippen molar-refractivity contribution in [3.63, 3.8) is 0 Å². The molecule has 1 fully saturated rings. The zero-order valence-corrected chi connectivity index (χ0v) is 26.7. The summed E-state index contributed by atoms with van der Waals surface area (Å²) < 4.78 is 43.1. The Kier molecular flexibility index (Phi) is 18.5. The molecule has 4 nitrogen and oxygen atoms in total. The first kappa shape index (κ1) is 37.6. The molecular formula is C32H59F3O4S. The zero-order chi connectivity index (χ0) is 30.1. The molecule has 0 spiro atoms. The van der Waals surface area contributed by atoms with E-state index < -0.39 is 23.6 Å². The molecule has 0 heterocycles. The summed E-state index contributed by atoms with van der Waals surface area (Å²) >= 11 is 1.66. The Morgan fingerprint density at radius 2 is 1.45 bits per heavy atom. The van der Waals surface area contributed by atoms with Crippen molar-refractivity contribution in [3.8, 4) is 0 Å². The second-order valence-corrected chi connectivity index (χ2v) is 14.2. The maximum absolute atomic E-state index is 12.6. The number of hydrogen-bond donors (Lipinski definition) is 2. The fourth-order valence-electron chi connectivity index (χ4n) is 5.56. The third kappa shape index (κ3) is 16.2. The molecule has 1 saturated carbocycles. The van der Waals surface area contributed by atoms with Crippen LogP contribution in [0.15, 0.2) is 0 Å². The molecule has 0 bridgehead atoms. The molecule has 4 unspecified atom stereocenters. The molecular weight excluding hydrogens is 537 g/mol. The minimum absolute atomic E-state index is 0.0130. The molecule has 1 aliphatic rings. The van der Waals surface area contributed by atoms with Gasteiger partial charge in [0.2, 0.25) is 0 Å². The smallest absolute Gasteiger partial charge is 0.389 e. The molecule has 8 heteroatoms. The fourth-order valence-corrected chi connectivity index (χ4v) is 7.35. The molecule has 4 atom stereocenters. The van der Waals surface area contributed by atoms with E-state index in [1.807, 2.05) is 13.8 Å². The van der Waals surface area contributed by atoms with Gasteiger partial charge in [0.1, 0.15) is 0 Å². The van der Waals surface area contributed by atoms with Crippen molar-refractivity contribution in [2.24, 2.45) is 11.3 Å². The van der Waals surface area contributed by atoms with Crippen LogP contribution in [0.2, 0.25) is 0 Å². The highest BCUT2D eigenvalue weighted by Gasteiger charge is 2.42. The van der Waals surface area contributed by atoms with Crippen LogP contribution in [-0.2, 0) is 9.53 Å². The summed E-state index contributed by atoms with van der Waals surface area (Å²) in [6, 6.07) is 0. The van der Waals surface area contributed by atoms with Crippen LogP contribution >= 0.6 is 11.8 Å². The number of aliphatic hydroxyl groups is 2. The second-order valence-electron chi connectivity index (χ2n) is 12.9. The number of rotatable bonds is 23. The molecule has 40 heavy (non-hydrogen) atoms. The number of thioether (sulfide) groups is 1. The third-order valence-electron chi connectivity index (χ3n) is 8.95. The largest absolute Gasteiger partial charge is 0.466 e. The van der Waals surface area contributed by atoms with Crippen LogP contribution < -0.4 is 0 Å². The molecule has 0 radical (unpaired) electrons. The van der Waals surface area contributed by atoms with Crippen LogP contribution in [0.1, 0.15) is 150 Å². The van der Waals surface area contributed by atoms with Gasteiger partial charge in [-0.3, -0.25) is 4.79 Å². The van der Waals surface area contributed by atoms with Gasteiger partial charge in [0.15, 0.2) is 0 Å². The monoisotopic (exact) mass is 596 g/mol. The SMILES string of the molecule is CCCCCCCCCCOC(=O)CCCCCCC1C(O)CCC1SCC(C)(O)C(C)(C)CCCC(F)(F)F. The van der Waals surface area contributed by atoms with E-state index >= 15 is 0 Å². The Morgan fingerprint density at radius 3 is 2.10 bits per heavy atom. The van der Waals surface area contributed by atoms with Crippen molar-refractivity contribution in [1.82, 2.24) is 0 Å². The van der Waals surface area contributed by atoms with Gasteiger partial charge in [-0.2, -0.15) is 24.9 Å². The lowest BCUT2D eigenvalue weighted by atomic mass is 9.73. The first-order valence-corrected chi connectivity index (χ1v) is 17.1. The van der Waals surface area contributed by atoms with Gasteiger partial charge in [-0.25, -0.2) is 0 Å². The lowest BCUT2D eigenvalue weighted by Crippen LogP contribution is -2.45. The van der Waals surface area contributed by atoms with Gasteiger partial charge in [0.25, 0.3) is 0 Å². The van der Waals surface area contributed by atoms with Gasteiger partial charge < -0.3 is 14.9 Å². The van der Waals surface area contributed by atoms with Crippen molar-refractivity contribution < 1.29 is 32.9 Å². The summed E-state index contributed by atoms with van der Waals surface area (Å²) in [5.41, 5.74) is -1.72. The van der Waals surface area contributed by atoms with Crippen molar-refractivity contribution in [1.29, 1.82) is 0 Å². The lowest BCUT2D eigenvalue weighted by Gasteiger charge is -2.41. The summed E-state index contributed by atoms with van der Waals surface area (Å²) in [6.45, 7) is 8.18. The molecule has 0 aromatic rings. The molecule has 2 N–H and O–H groups in total. The maximum atomic E-state index is 12.6. The van der Waals surface area contributed by atoms with E-state index in [9.17, 15) is 28.2 Å². The Balaban J connectivity index is 2.20. The lowest BCUT2D eigenvalue weighted by molar-refractivity contribution is -0.144. The molecule has 0 aliphatic heterocycles. The van der Waals surface area contributed by atoms with Crippen molar-refractivity contribution in [3.05, 3.63) is 0 Å². The number of unbranched alkanes of at least 4 members (excludes halogenated alkanes) is 10. The Labute approximate surface area is 247 Å². The normalized spacial score (nSPS) is 21.5. The summed E-state index contributed by atoms with van der Waals surface area (Å²) in [4.78, 5) is 12.0. The third-order valence-corrected chi connectivity index (χ3v) is 10.7. The average Bonchev–Trinajstić information content (AvgIpc) is 3.22. The zero-order valence-electron chi connectivity index (χ0n) is 25.8. The minimum Gasteiger partial charge on any atom is -0.466 e.